The molecule has 0 amide bonds. The van der Waals surface area contributed by atoms with Gasteiger partial charge in [0.25, 0.3) is 0 Å². The van der Waals surface area contributed by atoms with Gasteiger partial charge in [-0.1, -0.05) is 17.9 Å². The van der Waals surface area contributed by atoms with Crippen molar-refractivity contribution in [3.8, 4) is 11.8 Å². The maximum absolute atomic E-state index is 13.7. The van der Waals surface area contributed by atoms with E-state index < -0.39 is 5.60 Å². The van der Waals surface area contributed by atoms with Gasteiger partial charge in [-0.2, -0.15) is 5.10 Å². The molecule has 2 saturated heterocycles. The average Bonchev–Trinajstić information content (AvgIpc) is 3.58. The molecule has 2 aromatic heterocycles. The van der Waals surface area contributed by atoms with Gasteiger partial charge in [0, 0.05) is 61.9 Å². The van der Waals surface area contributed by atoms with Crippen molar-refractivity contribution in [2.75, 3.05) is 47.7 Å². The van der Waals surface area contributed by atoms with E-state index in [0.717, 1.165) is 40.8 Å². The molecule has 1 aromatic carbocycles. The monoisotopic (exact) mass is 503 g/mol. The molecule has 0 saturated carbocycles. The Kier molecular flexibility index (Phi) is 6.20. The Morgan fingerprint density at radius 3 is 2.81 bits per heavy atom. The molecule has 3 N–H and O–H groups in total. The zero-order valence-electron chi connectivity index (χ0n) is 20.7. The summed E-state index contributed by atoms with van der Waals surface area (Å²) >= 11 is 0. The Morgan fingerprint density at radius 2 is 2.05 bits per heavy atom. The summed E-state index contributed by atoms with van der Waals surface area (Å²) in [5.41, 5.74) is 4.91. The molecular formula is C27H30FN7O2. The largest absolute Gasteiger partial charge is 0.377 e. The zero-order valence-corrected chi connectivity index (χ0v) is 20.7. The lowest BCUT2D eigenvalue weighted by Crippen LogP contribution is -2.44. The molecule has 10 heteroatoms. The van der Waals surface area contributed by atoms with Crippen LogP contribution in [0.25, 0.3) is 0 Å². The molecule has 2 fully saturated rings. The van der Waals surface area contributed by atoms with Crippen molar-refractivity contribution in [3.63, 3.8) is 0 Å². The molecule has 3 aliphatic rings. The third kappa shape index (κ3) is 4.73. The molecule has 5 heterocycles. The van der Waals surface area contributed by atoms with Gasteiger partial charge in [-0.25, -0.2) is 19.8 Å². The summed E-state index contributed by atoms with van der Waals surface area (Å²) in [4.78, 5) is 9.34. The number of piperidine rings is 1. The normalized spacial score (nSPS) is 20.9. The van der Waals surface area contributed by atoms with Gasteiger partial charge in [0.2, 0.25) is 0 Å². The number of nitrogens with zero attached hydrogens (tertiary/aromatic N) is 5. The Labute approximate surface area is 215 Å². The minimum Gasteiger partial charge on any atom is -0.377 e. The number of hydrazine groups is 1. The van der Waals surface area contributed by atoms with Crippen molar-refractivity contribution in [1.82, 2.24) is 20.6 Å². The van der Waals surface area contributed by atoms with Crippen LogP contribution in [-0.2, 0) is 11.3 Å². The molecule has 3 aliphatic heterocycles. The van der Waals surface area contributed by atoms with Crippen LogP contribution in [0.1, 0.15) is 30.9 Å². The number of halogens is 1. The van der Waals surface area contributed by atoms with Crippen molar-refractivity contribution in [3.05, 3.63) is 59.5 Å². The molecule has 6 rings (SSSR count). The number of rotatable bonds is 3. The van der Waals surface area contributed by atoms with Crippen molar-refractivity contribution in [2.45, 2.75) is 38.0 Å². The summed E-state index contributed by atoms with van der Waals surface area (Å²) in [6, 6.07) is 10.7. The van der Waals surface area contributed by atoms with Crippen LogP contribution >= 0.6 is 0 Å². The van der Waals surface area contributed by atoms with E-state index in [4.69, 9.17) is 9.72 Å². The van der Waals surface area contributed by atoms with E-state index in [2.05, 4.69) is 44.2 Å². The number of H-pyrrole nitrogens is 1. The Morgan fingerprint density at radius 1 is 1.19 bits per heavy atom. The highest BCUT2D eigenvalue weighted by atomic mass is 19.1. The van der Waals surface area contributed by atoms with Gasteiger partial charge in [0.05, 0.1) is 25.5 Å². The minimum absolute atomic E-state index is 0.186. The van der Waals surface area contributed by atoms with Crippen LogP contribution < -0.4 is 20.2 Å². The van der Waals surface area contributed by atoms with Crippen LogP contribution in [0.4, 0.5) is 27.5 Å². The van der Waals surface area contributed by atoms with Crippen LogP contribution in [0.3, 0.4) is 0 Å². The van der Waals surface area contributed by atoms with E-state index in [9.17, 15) is 9.50 Å². The van der Waals surface area contributed by atoms with Gasteiger partial charge in [0.1, 0.15) is 23.1 Å². The number of benzene rings is 1. The predicted molar refractivity (Wildman–Crippen MR) is 139 cm³/mol. The van der Waals surface area contributed by atoms with Crippen LogP contribution in [0.2, 0.25) is 0 Å². The second kappa shape index (κ2) is 9.67. The smallest absolute Gasteiger partial charge is 0.157 e. The van der Waals surface area contributed by atoms with Crippen LogP contribution in [-0.4, -0.2) is 64.8 Å². The van der Waals surface area contributed by atoms with E-state index in [1.807, 2.05) is 23.2 Å². The Balaban J connectivity index is 1.30. The van der Waals surface area contributed by atoms with Gasteiger partial charge in [-0.15, -0.1) is 0 Å². The topological polar surface area (TPSA) is 92.8 Å². The lowest BCUT2D eigenvalue weighted by Gasteiger charge is -2.36. The second-order valence-corrected chi connectivity index (χ2v) is 9.81. The van der Waals surface area contributed by atoms with E-state index in [0.29, 0.717) is 45.7 Å². The number of fused-ring (bicyclic) bond motifs is 1. The number of aromatic nitrogens is 3. The number of ether oxygens (including phenoxy) is 1. The second-order valence-electron chi connectivity index (χ2n) is 9.81. The number of anilines is 4. The van der Waals surface area contributed by atoms with Crippen molar-refractivity contribution in [2.24, 2.45) is 0 Å². The van der Waals surface area contributed by atoms with E-state index in [-0.39, 0.29) is 11.9 Å². The number of hydrogen-bond acceptors (Lipinski definition) is 8. The average molecular weight is 504 g/mol. The number of nitrogens with one attached hydrogen (secondary N) is 2. The lowest BCUT2D eigenvalue weighted by atomic mass is 9.91. The summed E-state index contributed by atoms with van der Waals surface area (Å²) in [7, 11) is 0. The molecule has 37 heavy (non-hydrogen) atoms. The minimum atomic E-state index is -1.11. The van der Waals surface area contributed by atoms with Crippen LogP contribution in [0.5, 0.6) is 0 Å². The molecule has 3 aromatic rings. The van der Waals surface area contributed by atoms with Crippen molar-refractivity contribution >= 4 is 23.1 Å². The third-order valence-electron chi connectivity index (χ3n) is 7.30. The Bertz CT molecular complexity index is 1330. The fraction of sp³-hybridized carbons (Fsp3) is 0.407. The molecule has 0 spiro atoms. The van der Waals surface area contributed by atoms with E-state index >= 15 is 0 Å². The maximum atomic E-state index is 13.7. The number of hydrogen-bond donors (Lipinski definition) is 3. The van der Waals surface area contributed by atoms with Crippen molar-refractivity contribution < 1.29 is 14.2 Å². The number of aliphatic hydroxyl groups is 1. The predicted octanol–water partition coefficient (Wildman–Crippen LogP) is 2.71. The summed E-state index contributed by atoms with van der Waals surface area (Å²) in [5, 5.41) is 20.3. The van der Waals surface area contributed by atoms with Crippen molar-refractivity contribution in [1.29, 1.82) is 0 Å². The fourth-order valence-corrected chi connectivity index (χ4v) is 5.15. The quantitative estimate of drug-likeness (QED) is 0.470. The summed E-state index contributed by atoms with van der Waals surface area (Å²) < 4.78 is 19.3. The lowest BCUT2D eigenvalue weighted by molar-refractivity contribution is 0.0746. The van der Waals surface area contributed by atoms with E-state index in [1.165, 1.54) is 12.1 Å². The first-order valence-electron chi connectivity index (χ1n) is 12.7. The van der Waals surface area contributed by atoms with Gasteiger partial charge >= 0.3 is 0 Å². The highest BCUT2D eigenvalue weighted by molar-refractivity contribution is 5.69. The first-order chi connectivity index (χ1) is 18.0. The molecule has 1 atom stereocenters. The molecule has 192 valence electrons. The van der Waals surface area contributed by atoms with E-state index in [1.54, 1.807) is 12.3 Å². The van der Waals surface area contributed by atoms with Gasteiger partial charge in [-0.3, -0.25) is 5.10 Å². The zero-order chi connectivity index (χ0) is 25.4. The van der Waals surface area contributed by atoms with Gasteiger partial charge in [-0.05, 0) is 31.2 Å². The molecule has 0 unspecified atom stereocenters. The first kappa shape index (κ1) is 23.7. The van der Waals surface area contributed by atoms with Crippen LogP contribution in [0.15, 0.2) is 42.6 Å². The fourth-order valence-electron chi connectivity index (χ4n) is 5.15. The summed E-state index contributed by atoms with van der Waals surface area (Å²) in [6.45, 7) is 5.94. The molecule has 9 nitrogen and oxygen atoms in total. The standard InChI is InChI=1S/C27H30FN7O2/c1-19-18-37-14-13-34(19)25-15-20(23-17-30-35(26(23)31-25)24-6-10-29-32-24)5-7-27(36)8-11-33(12-9-27)22-4-2-3-21(28)16-22/h2-4,6,10,15-16,19,30,36H,8-9,11-14,17-18H2,1H3,(H,29,32)/t19-/m1/s1. The number of aromatic amines is 1. The summed E-state index contributed by atoms with van der Waals surface area (Å²) in [5.74, 6) is 8.64. The van der Waals surface area contributed by atoms with Gasteiger partial charge < -0.3 is 19.6 Å². The Hall–Kier alpha value is -3.65. The highest BCUT2D eigenvalue weighted by Crippen LogP contribution is 2.35. The number of morpholine rings is 1. The molecular weight excluding hydrogens is 473 g/mol. The molecule has 0 radical (unpaired) electrons. The van der Waals surface area contributed by atoms with Gasteiger partial charge in [0.15, 0.2) is 5.82 Å². The third-order valence-corrected chi connectivity index (χ3v) is 7.30. The SMILES string of the molecule is C[C@@H]1COCCN1c1cc(C#CC2(O)CCN(c3cccc(F)c3)CC2)c2c(n1)N(c1ccn[nH]1)NC2. The highest BCUT2D eigenvalue weighted by Gasteiger charge is 2.32. The van der Waals surface area contributed by atoms with Crippen LogP contribution in [0, 0.1) is 17.7 Å². The molecule has 0 bridgehead atoms. The molecule has 0 aliphatic carbocycles. The summed E-state index contributed by atoms with van der Waals surface area (Å²) in [6.07, 6.45) is 2.67. The number of pyridine rings is 1. The first-order valence-corrected chi connectivity index (χ1v) is 12.7. The maximum Gasteiger partial charge on any atom is 0.157 e.